The molecule has 184 valence electrons. The van der Waals surface area contributed by atoms with Gasteiger partial charge in [-0.15, -0.1) is 22.7 Å². The zero-order valence-corrected chi connectivity index (χ0v) is 22.9. The number of thiophene rings is 2. The van der Waals surface area contributed by atoms with Crippen molar-refractivity contribution in [3.05, 3.63) is 118 Å². The van der Waals surface area contributed by atoms with Crippen LogP contribution < -0.4 is 4.90 Å². The highest BCUT2D eigenvalue weighted by Gasteiger charge is 2.44. The number of allylic oxidation sites excluding steroid dienone is 1. The van der Waals surface area contributed by atoms with Gasteiger partial charge in [-0.05, 0) is 78.1 Å². The minimum atomic E-state index is -0.0817. The molecule has 0 amide bonds. The fourth-order valence-corrected chi connectivity index (χ4v) is 8.63. The Balaban J connectivity index is 1.54. The van der Waals surface area contributed by atoms with Gasteiger partial charge in [0.25, 0.3) is 5.70 Å². The highest BCUT2D eigenvalue weighted by molar-refractivity contribution is 7.30. The van der Waals surface area contributed by atoms with E-state index in [0.29, 0.717) is 0 Å². The zero-order valence-electron chi connectivity index (χ0n) is 21.2. The van der Waals surface area contributed by atoms with Crippen LogP contribution in [0, 0.1) is 17.9 Å². The topological polar surface area (TPSA) is 31.4 Å². The average molecular weight is 528 g/mol. The van der Waals surface area contributed by atoms with Gasteiger partial charge in [0, 0.05) is 36.9 Å². The lowest BCUT2D eigenvalue weighted by Crippen LogP contribution is -2.23. The van der Waals surface area contributed by atoms with Crippen molar-refractivity contribution in [2.45, 2.75) is 32.1 Å². The molecular formula is C33H25N3S2. The molecule has 3 aromatic carbocycles. The molecule has 0 bridgehead atoms. The van der Waals surface area contributed by atoms with E-state index in [0.717, 1.165) is 34.8 Å². The Labute approximate surface area is 231 Å². The predicted molar refractivity (Wildman–Crippen MR) is 161 cm³/mol. The van der Waals surface area contributed by atoms with Crippen LogP contribution >= 0.6 is 22.7 Å². The first-order chi connectivity index (χ1) is 18.6. The van der Waals surface area contributed by atoms with Gasteiger partial charge in [0.15, 0.2) is 0 Å². The van der Waals surface area contributed by atoms with Crippen molar-refractivity contribution in [1.29, 1.82) is 5.26 Å². The Kier molecular flexibility index (Phi) is 6.12. The van der Waals surface area contributed by atoms with Crippen molar-refractivity contribution in [3.63, 3.8) is 0 Å². The molecule has 0 unspecified atom stereocenters. The predicted octanol–water partition coefficient (Wildman–Crippen LogP) is 10.3. The average Bonchev–Trinajstić information content (AvgIpc) is 3.60. The van der Waals surface area contributed by atoms with Gasteiger partial charge < -0.3 is 4.90 Å². The van der Waals surface area contributed by atoms with Crippen LogP contribution in [0.2, 0.25) is 0 Å². The maximum Gasteiger partial charge on any atom is 0.263 e. The summed E-state index contributed by atoms with van der Waals surface area (Å²) in [6.07, 6.45) is 3.72. The summed E-state index contributed by atoms with van der Waals surface area (Å²) in [6.45, 7) is 11.9. The van der Waals surface area contributed by atoms with Gasteiger partial charge in [0.1, 0.15) is 0 Å². The van der Waals surface area contributed by atoms with Gasteiger partial charge in [0.05, 0.1) is 17.3 Å². The summed E-state index contributed by atoms with van der Waals surface area (Å²) in [5, 5.41) is 9.25. The number of hydrogen-bond donors (Lipinski definition) is 0. The number of para-hydroxylation sites is 2. The molecular weight excluding hydrogens is 503 g/mol. The number of hydrogen-bond acceptors (Lipinski definition) is 4. The normalized spacial score (nSPS) is 13.5. The summed E-state index contributed by atoms with van der Waals surface area (Å²) >= 11 is 3.54. The van der Waals surface area contributed by atoms with Gasteiger partial charge in [-0.1, -0.05) is 56.3 Å². The highest BCUT2D eigenvalue weighted by atomic mass is 32.1. The van der Waals surface area contributed by atoms with Gasteiger partial charge in [0.2, 0.25) is 0 Å². The van der Waals surface area contributed by atoms with Gasteiger partial charge in [-0.25, -0.2) is 10.1 Å². The Morgan fingerprint density at radius 3 is 2.16 bits per heavy atom. The first-order valence-corrected chi connectivity index (χ1v) is 14.4. The quantitative estimate of drug-likeness (QED) is 0.162. The molecule has 2 aromatic heterocycles. The van der Waals surface area contributed by atoms with Gasteiger partial charge in [-0.2, -0.15) is 0 Å². The zero-order chi connectivity index (χ0) is 26.3. The molecule has 1 aliphatic rings. The van der Waals surface area contributed by atoms with Crippen LogP contribution in [0.1, 0.15) is 42.7 Å². The van der Waals surface area contributed by atoms with Crippen molar-refractivity contribution in [3.8, 4) is 16.5 Å². The monoisotopic (exact) mass is 527 g/mol. The summed E-state index contributed by atoms with van der Waals surface area (Å²) in [6, 6.07) is 32.2. The maximum absolute atomic E-state index is 9.25. The summed E-state index contributed by atoms with van der Waals surface area (Å²) in [5.41, 5.74) is 7.62. The van der Waals surface area contributed by atoms with E-state index < -0.39 is 0 Å². The molecule has 0 N–H and O–H groups in total. The van der Waals surface area contributed by atoms with E-state index in [1.165, 1.54) is 31.0 Å². The first kappa shape index (κ1) is 24.2. The molecule has 2 heterocycles. The molecule has 0 spiro atoms. The standard InChI is InChI=1S/C33H25N3S2/c1-4-33(5-2)28-19-25(36(23-12-8-6-9-13-23)24-14-10-7-11-15-24)16-17-27(28)31-30(33)32-29(38-31)20-26(37-32)18-22(21-34)35-3/h6-20H,4-5H2,1-2H3/b22-18-. The van der Waals surface area contributed by atoms with Gasteiger partial charge >= 0.3 is 0 Å². The Hall–Kier alpha value is -4.16. The molecule has 38 heavy (non-hydrogen) atoms. The third-order valence-electron chi connectivity index (χ3n) is 7.63. The number of benzene rings is 3. The van der Waals surface area contributed by atoms with Crippen molar-refractivity contribution < 1.29 is 0 Å². The number of fused-ring (bicyclic) bond motifs is 5. The van der Waals surface area contributed by atoms with Crippen LogP contribution in [-0.4, -0.2) is 0 Å². The second-order valence-electron chi connectivity index (χ2n) is 9.43. The fraction of sp³-hybridized carbons (Fsp3) is 0.152. The van der Waals surface area contributed by atoms with Crippen LogP contribution in [0.15, 0.2) is 90.6 Å². The van der Waals surface area contributed by atoms with E-state index in [4.69, 9.17) is 6.57 Å². The van der Waals surface area contributed by atoms with E-state index in [-0.39, 0.29) is 11.1 Å². The Morgan fingerprint density at radius 2 is 1.58 bits per heavy atom. The number of anilines is 3. The van der Waals surface area contributed by atoms with E-state index in [9.17, 15) is 5.26 Å². The Morgan fingerprint density at radius 1 is 0.921 bits per heavy atom. The number of rotatable bonds is 6. The summed E-state index contributed by atoms with van der Waals surface area (Å²) < 4.78 is 2.53. The van der Waals surface area contributed by atoms with Crippen molar-refractivity contribution in [2.75, 3.05) is 4.90 Å². The second kappa shape index (κ2) is 9.62. The largest absolute Gasteiger partial charge is 0.310 e. The summed E-state index contributed by atoms with van der Waals surface area (Å²) in [7, 11) is 0. The van der Waals surface area contributed by atoms with Crippen LogP contribution in [0.5, 0.6) is 0 Å². The molecule has 5 heteroatoms. The van der Waals surface area contributed by atoms with Crippen molar-refractivity contribution in [2.24, 2.45) is 0 Å². The van der Waals surface area contributed by atoms with Gasteiger partial charge in [-0.3, -0.25) is 0 Å². The lowest BCUT2D eigenvalue weighted by Gasteiger charge is -2.31. The van der Waals surface area contributed by atoms with Crippen LogP contribution in [-0.2, 0) is 5.41 Å². The van der Waals surface area contributed by atoms with Crippen LogP contribution in [0.4, 0.5) is 17.1 Å². The van der Waals surface area contributed by atoms with E-state index in [1.807, 2.05) is 17.4 Å². The Bertz CT molecular complexity index is 1700. The van der Waals surface area contributed by atoms with Crippen molar-refractivity contribution >= 4 is 55.2 Å². The highest BCUT2D eigenvalue weighted by Crippen LogP contribution is 2.60. The lowest BCUT2D eigenvalue weighted by atomic mass is 9.74. The molecule has 0 radical (unpaired) electrons. The minimum absolute atomic E-state index is 0.0817. The fourth-order valence-electron chi connectivity index (χ4n) is 5.81. The van der Waals surface area contributed by atoms with Crippen LogP contribution in [0.25, 0.3) is 30.8 Å². The van der Waals surface area contributed by atoms with Crippen LogP contribution in [0.3, 0.4) is 0 Å². The molecule has 0 saturated carbocycles. The summed E-state index contributed by atoms with van der Waals surface area (Å²) in [4.78, 5) is 8.02. The smallest absolute Gasteiger partial charge is 0.263 e. The number of nitrogens with zero attached hydrogens (tertiary/aromatic N) is 3. The molecule has 1 aliphatic carbocycles. The van der Waals surface area contributed by atoms with E-state index in [2.05, 4.69) is 109 Å². The number of nitriles is 1. The SMILES string of the molecule is [C-]#[N+]/C(C#N)=C\c1cc2sc3c(c2s1)C(CC)(CC)c1cc(N(c2ccccc2)c2ccccc2)ccc1-3. The molecule has 0 fully saturated rings. The molecule has 5 aromatic rings. The molecule has 0 aliphatic heterocycles. The second-order valence-corrected chi connectivity index (χ2v) is 11.6. The lowest BCUT2D eigenvalue weighted by molar-refractivity contribution is 0.495. The molecule has 0 saturated heterocycles. The first-order valence-electron chi connectivity index (χ1n) is 12.7. The maximum atomic E-state index is 9.25. The summed E-state index contributed by atoms with van der Waals surface area (Å²) in [5.74, 6) is 0. The third kappa shape index (κ3) is 3.67. The molecule has 0 atom stereocenters. The van der Waals surface area contributed by atoms with Crippen molar-refractivity contribution in [1.82, 2.24) is 0 Å². The van der Waals surface area contributed by atoms with E-state index >= 15 is 0 Å². The minimum Gasteiger partial charge on any atom is -0.310 e. The molecule has 3 nitrogen and oxygen atoms in total. The molecule has 6 rings (SSSR count). The third-order valence-corrected chi connectivity index (χ3v) is 10.0. The van der Waals surface area contributed by atoms with E-state index in [1.54, 1.807) is 17.4 Å².